The molecular weight excluding hydrogens is 394 g/mol. The predicted molar refractivity (Wildman–Crippen MR) is 111 cm³/mol. The number of rotatable bonds is 6. The Morgan fingerprint density at radius 3 is 2.55 bits per heavy atom. The molecule has 29 heavy (non-hydrogen) atoms. The van der Waals surface area contributed by atoms with Crippen LogP contribution < -0.4 is 10.2 Å². The molecule has 0 saturated carbocycles. The summed E-state index contributed by atoms with van der Waals surface area (Å²) in [5, 5.41) is 2.30. The van der Waals surface area contributed by atoms with Gasteiger partial charge in [-0.2, -0.15) is 0 Å². The zero-order valence-electron chi connectivity index (χ0n) is 16.5. The highest BCUT2D eigenvalue weighted by Gasteiger charge is 2.43. The summed E-state index contributed by atoms with van der Waals surface area (Å²) in [5.74, 6) is -0.348. The molecule has 1 fully saturated rings. The van der Waals surface area contributed by atoms with Crippen LogP contribution >= 0.6 is 11.8 Å². The van der Waals surface area contributed by atoms with Gasteiger partial charge in [0.25, 0.3) is 5.91 Å². The van der Waals surface area contributed by atoms with Gasteiger partial charge < -0.3 is 24.3 Å². The van der Waals surface area contributed by atoms with Crippen molar-refractivity contribution in [1.29, 1.82) is 0 Å². The van der Waals surface area contributed by atoms with E-state index in [0.29, 0.717) is 17.2 Å². The second-order valence-corrected chi connectivity index (χ2v) is 7.85. The molecule has 3 rings (SSSR count). The van der Waals surface area contributed by atoms with Gasteiger partial charge >= 0.3 is 5.97 Å². The van der Waals surface area contributed by atoms with Gasteiger partial charge in [0, 0.05) is 38.1 Å². The van der Waals surface area contributed by atoms with E-state index in [1.54, 1.807) is 24.3 Å². The molecule has 8 nitrogen and oxygen atoms in total. The SMILES string of the molecule is CC(=O)N1[C@H](C(=O)OCC(=O)Nc2ccc(N(C)C)cc2)CS[C@H]1c1ccco1. The number of hydrogen-bond donors (Lipinski definition) is 1. The first kappa shape index (κ1) is 20.8. The number of ether oxygens (including phenoxy) is 1. The molecule has 154 valence electrons. The van der Waals surface area contributed by atoms with Gasteiger partial charge in [0.2, 0.25) is 5.91 Å². The number of carbonyl (C=O) groups excluding carboxylic acids is 3. The summed E-state index contributed by atoms with van der Waals surface area (Å²) in [5.41, 5.74) is 1.61. The van der Waals surface area contributed by atoms with Crippen LogP contribution in [0.5, 0.6) is 0 Å². The minimum Gasteiger partial charge on any atom is -0.466 e. The summed E-state index contributed by atoms with van der Waals surface area (Å²) in [7, 11) is 3.85. The lowest BCUT2D eigenvalue weighted by Crippen LogP contribution is -2.43. The molecule has 1 aromatic heterocycles. The summed E-state index contributed by atoms with van der Waals surface area (Å²) >= 11 is 1.42. The van der Waals surface area contributed by atoms with Crippen molar-refractivity contribution in [2.75, 3.05) is 36.7 Å². The summed E-state index contributed by atoms with van der Waals surface area (Å²) in [6.45, 7) is 0.971. The van der Waals surface area contributed by atoms with E-state index in [2.05, 4.69) is 5.32 Å². The largest absolute Gasteiger partial charge is 0.466 e. The van der Waals surface area contributed by atoms with Gasteiger partial charge in [0.05, 0.1) is 6.26 Å². The molecule has 1 saturated heterocycles. The van der Waals surface area contributed by atoms with Crippen LogP contribution in [-0.2, 0) is 19.1 Å². The number of nitrogens with zero attached hydrogens (tertiary/aromatic N) is 2. The number of nitrogens with one attached hydrogen (secondary N) is 1. The molecule has 1 aromatic carbocycles. The number of amides is 2. The molecule has 2 amide bonds. The Morgan fingerprint density at radius 2 is 1.97 bits per heavy atom. The first-order valence-corrected chi connectivity index (χ1v) is 10.1. The lowest BCUT2D eigenvalue weighted by molar-refractivity contribution is -0.155. The van der Waals surface area contributed by atoms with Crippen molar-refractivity contribution in [2.45, 2.75) is 18.3 Å². The second kappa shape index (κ2) is 9.04. The number of anilines is 2. The Kier molecular flexibility index (Phi) is 6.48. The van der Waals surface area contributed by atoms with Crippen molar-refractivity contribution < 1.29 is 23.5 Å². The zero-order valence-corrected chi connectivity index (χ0v) is 17.3. The third kappa shape index (κ3) is 4.92. The first-order chi connectivity index (χ1) is 13.9. The number of hydrogen-bond acceptors (Lipinski definition) is 7. The molecule has 2 atom stereocenters. The average molecular weight is 417 g/mol. The molecule has 1 aliphatic rings. The molecule has 0 unspecified atom stereocenters. The van der Waals surface area contributed by atoms with Crippen LogP contribution in [0, 0.1) is 0 Å². The minimum atomic E-state index is -0.764. The van der Waals surface area contributed by atoms with E-state index in [1.165, 1.54) is 29.8 Å². The predicted octanol–water partition coefficient (Wildman–Crippen LogP) is 2.49. The molecule has 1 N–H and O–H groups in total. The Bertz CT molecular complexity index is 867. The topological polar surface area (TPSA) is 92.1 Å². The Balaban J connectivity index is 1.55. The highest BCUT2D eigenvalue weighted by molar-refractivity contribution is 7.99. The second-order valence-electron chi connectivity index (χ2n) is 6.74. The van der Waals surface area contributed by atoms with E-state index in [4.69, 9.17) is 9.15 Å². The molecule has 0 radical (unpaired) electrons. The first-order valence-electron chi connectivity index (χ1n) is 9.04. The third-order valence-corrected chi connectivity index (χ3v) is 5.72. The summed E-state index contributed by atoms with van der Waals surface area (Å²) < 4.78 is 10.6. The molecule has 2 aromatic rings. The van der Waals surface area contributed by atoms with Crippen LogP contribution in [-0.4, -0.2) is 55.2 Å². The lowest BCUT2D eigenvalue weighted by Gasteiger charge is -2.25. The van der Waals surface area contributed by atoms with Crippen LogP contribution in [0.2, 0.25) is 0 Å². The number of esters is 1. The molecule has 0 spiro atoms. The van der Waals surface area contributed by atoms with Crippen molar-refractivity contribution in [1.82, 2.24) is 4.90 Å². The van der Waals surface area contributed by atoms with Crippen molar-refractivity contribution >= 4 is 40.9 Å². The normalized spacial score (nSPS) is 18.4. The van der Waals surface area contributed by atoms with Gasteiger partial charge in [-0.3, -0.25) is 9.59 Å². The van der Waals surface area contributed by atoms with Crippen LogP contribution in [0.25, 0.3) is 0 Å². The van der Waals surface area contributed by atoms with E-state index >= 15 is 0 Å². The lowest BCUT2D eigenvalue weighted by atomic mass is 10.2. The van der Waals surface area contributed by atoms with Gasteiger partial charge in [-0.05, 0) is 36.4 Å². The molecular formula is C20H23N3O5S. The summed E-state index contributed by atoms with van der Waals surface area (Å²) in [6, 6.07) is 10.0. The molecule has 0 bridgehead atoms. The fraction of sp³-hybridized carbons (Fsp3) is 0.350. The monoisotopic (exact) mass is 417 g/mol. The van der Waals surface area contributed by atoms with E-state index < -0.39 is 24.5 Å². The Hall–Kier alpha value is -2.94. The van der Waals surface area contributed by atoms with Gasteiger partial charge in [0.15, 0.2) is 6.61 Å². The van der Waals surface area contributed by atoms with E-state index in [-0.39, 0.29) is 11.3 Å². The third-order valence-electron chi connectivity index (χ3n) is 4.44. The van der Waals surface area contributed by atoms with E-state index in [9.17, 15) is 14.4 Å². The van der Waals surface area contributed by atoms with Crippen molar-refractivity contribution in [2.24, 2.45) is 0 Å². The van der Waals surface area contributed by atoms with Gasteiger partial charge in [-0.15, -0.1) is 11.8 Å². The van der Waals surface area contributed by atoms with Crippen molar-refractivity contribution in [3.05, 3.63) is 48.4 Å². The Morgan fingerprint density at radius 1 is 1.24 bits per heavy atom. The maximum Gasteiger partial charge on any atom is 0.330 e. The number of benzene rings is 1. The average Bonchev–Trinajstić information content (AvgIpc) is 3.35. The van der Waals surface area contributed by atoms with Crippen LogP contribution in [0.15, 0.2) is 47.1 Å². The maximum absolute atomic E-state index is 12.5. The minimum absolute atomic E-state index is 0.260. The van der Waals surface area contributed by atoms with Crippen LogP contribution in [0.3, 0.4) is 0 Å². The molecule has 0 aliphatic carbocycles. The fourth-order valence-electron chi connectivity index (χ4n) is 3.00. The highest BCUT2D eigenvalue weighted by Crippen LogP contribution is 2.41. The van der Waals surface area contributed by atoms with E-state index in [1.807, 2.05) is 31.1 Å². The van der Waals surface area contributed by atoms with Crippen LogP contribution in [0.1, 0.15) is 18.1 Å². The highest BCUT2D eigenvalue weighted by atomic mass is 32.2. The summed E-state index contributed by atoms with van der Waals surface area (Å²) in [6.07, 6.45) is 1.52. The Labute approximate surface area is 173 Å². The molecule has 9 heteroatoms. The van der Waals surface area contributed by atoms with Crippen molar-refractivity contribution in [3.8, 4) is 0 Å². The van der Waals surface area contributed by atoms with Gasteiger partial charge in [0.1, 0.15) is 17.2 Å². The number of thioether (sulfide) groups is 1. The fourth-order valence-corrected chi connectivity index (χ4v) is 4.41. The number of carbonyl (C=O) groups is 3. The quantitative estimate of drug-likeness (QED) is 0.722. The summed E-state index contributed by atoms with van der Waals surface area (Å²) in [4.78, 5) is 40.1. The van der Waals surface area contributed by atoms with E-state index in [0.717, 1.165) is 5.69 Å². The molecule has 1 aliphatic heterocycles. The molecule has 2 heterocycles. The standard InChI is InChI=1S/C20H23N3O5S/c1-13(24)23-16(12-29-19(23)17-5-4-10-27-17)20(26)28-11-18(25)21-14-6-8-15(9-7-14)22(2)3/h4-10,16,19H,11-12H2,1-3H3,(H,21,25)/t16-,19-/m0/s1. The maximum atomic E-state index is 12.5. The smallest absolute Gasteiger partial charge is 0.330 e. The van der Waals surface area contributed by atoms with Gasteiger partial charge in [-0.25, -0.2) is 4.79 Å². The van der Waals surface area contributed by atoms with Crippen molar-refractivity contribution in [3.63, 3.8) is 0 Å². The van der Waals surface area contributed by atoms with Crippen LogP contribution in [0.4, 0.5) is 11.4 Å². The van der Waals surface area contributed by atoms with Gasteiger partial charge in [-0.1, -0.05) is 0 Å². The number of furan rings is 1. The zero-order chi connectivity index (χ0) is 21.0.